The fourth-order valence-electron chi connectivity index (χ4n) is 3.75. The highest BCUT2D eigenvalue weighted by atomic mass is 32.2. The van der Waals surface area contributed by atoms with Gasteiger partial charge in [0.15, 0.2) is 5.78 Å². The van der Waals surface area contributed by atoms with Crippen LogP contribution in [0.2, 0.25) is 0 Å². The first-order valence-electron chi connectivity index (χ1n) is 10.6. The topological polar surface area (TPSA) is 29.5 Å². The normalized spacial score (nSPS) is 17.0. The van der Waals surface area contributed by atoms with Crippen molar-refractivity contribution in [2.24, 2.45) is 5.92 Å². The van der Waals surface area contributed by atoms with Gasteiger partial charge in [-0.2, -0.15) is 0 Å². The summed E-state index contributed by atoms with van der Waals surface area (Å²) >= 11 is 1.94. The molecular weight excluding hydrogens is 354 g/mol. The Morgan fingerprint density at radius 1 is 1.11 bits per heavy atom. The quantitative estimate of drug-likeness (QED) is 0.358. The number of carbonyl (C=O) groups excluding carboxylic acids is 1. The van der Waals surface area contributed by atoms with E-state index < -0.39 is 5.54 Å². The van der Waals surface area contributed by atoms with E-state index in [4.69, 9.17) is 4.74 Å². The maximum Gasteiger partial charge on any atom is 0.182 e. The number of Topliss-reactive ketones (excluding diaryl/α,β-unsaturated/α-hetero) is 1. The van der Waals surface area contributed by atoms with E-state index >= 15 is 0 Å². The third-order valence-corrected chi connectivity index (χ3v) is 6.87. The molecule has 0 saturated carbocycles. The summed E-state index contributed by atoms with van der Waals surface area (Å²) in [5.74, 6) is 2.19. The Hall–Kier alpha value is -0.840. The zero-order valence-corrected chi connectivity index (χ0v) is 18.4. The van der Waals surface area contributed by atoms with E-state index in [1.165, 1.54) is 42.8 Å². The molecule has 0 spiro atoms. The van der Waals surface area contributed by atoms with Crippen LogP contribution < -0.4 is 0 Å². The van der Waals surface area contributed by atoms with Gasteiger partial charge in [-0.25, -0.2) is 0 Å². The van der Waals surface area contributed by atoms with Gasteiger partial charge in [0.2, 0.25) is 0 Å². The molecule has 1 unspecified atom stereocenters. The molecule has 1 heterocycles. The Kier molecular flexibility index (Phi) is 9.34. The summed E-state index contributed by atoms with van der Waals surface area (Å²) < 4.78 is 5.43. The number of benzene rings is 1. The van der Waals surface area contributed by atoms with E-state index in [2.05, 4.69) is 30.9 Å². The second kappa shape index (κ2) is 11.2. The summed E-state index contributed by atoms with van der Waals surface area (Å²) in [5, 5.41) is 0. The van der Waals surface area contributed by atoms with Crippen LogP contribution in [0.5, 0.6) is 0 Å². The summed E-state index contributed by atoms with van der Waals surface area (Å²) in [4.78, 5) is 16.6. The van der Waals surface area contributed by atoms with Crippen molar-refractivity contribution >= 4 is 17.5 Å². The van der Waals surface area contributed by atoms with Gasteiger partial charge in [-0.3, -0.25) is 9.69 Å². The lowest BCUT2D eigenvalue weighted by molar-refractivity contribution is -0.00430. The minimum absolute atomic E-state index is 0.202. The summed E-state index contributed by atoms with van der Waals surface area (Å²) in [5.41, 5.74) is 0.331. The number of rotatable bonds is 11. The van der Waals surface area contributed by atoms with Crippen molar-refractivity contribution in [3.8, 4) is 0 Å². The molecule has 0 amide bonds. The molecule has 0 radical (unpaired) electrons. The van der Waals surface area contributed by atoms with Gasteiger partial charge in [-0.15, -0.1) is 11.8 Å². The smallest absolute Gasteiger partial charge is 0.182 e. The van der Waals surface area contributed by atoms with Gasteiger partial charge in [0.05, 0.1) is 18.8 Å². The third-order valence-electron chi connectivity index (χ3n) is 5.62. The van der Waals surface area contributed by atoms with Crippen molar-refractivity contribution in [2.45, 2.75) is 70.2 Å². The largest absolute Gasteiger partial charge is 0.379 e. The van der Waals surface area contributed by atoms with Crippen molar-refractivity contribution in [3.63, 3.8) is 0 Å². The molecule has 152 valence electrons. The van der Waals surface area contributed by atoms with Gasteiger partial charge >= 0.3 is 0 Å². The van der Waals surface area contributed by atoms with Crippen LogP contribution in [0.25, 0.3) is 0 Å². The SMILES string of the molecule is CCCCC(CCC)CSc1ccc(C(=O)C(C)(C)N2CCOCC2)cc1. The summed E-state index contributed by atoms with van der Waals surface area (Å²) in [6, 6.07) is 8.26. The number of ketones is 1. The molecule has 0 N–H and O–H groups in total. The van der Waals surface area contributed by atoms with Crippen molar-refractivity contribution < 1.29 is 9.53 Å². The lowest BCUT2D eigenvalue weighted by Crippen LogP contribution is -2.54. The van der Waals surface area contributed by atoms with Crippen LogP contribution in [-0.2, 0) is 4.74 Å². The zero-order chi connectivity index (χ0) is 19.7. The van der Waals surface area contributed by atoms with Gasteiger partial charge in [0, 0.05) is 29.3 Å². The number of thioether (sulfide) groups is 1. The number of hydrogen-bond acceptors (Lipinski definition) is 4. The van der Waals surface area contributed by atoms with Crippen LogP contribution in [0.1, 0.15) is 70.2 Å². The first kappa shape index (κ1) is 22.4. The number of ether oxygens (including phenoxy) is 1. The highest BCUT2D eigenvalue weighted by molar-refractivity contribution is 7.99. The molecular formula is C23H37NO2S. The third kappa shape index (κ3) is 6.62. The number of hydrogen-bond donors (Lipinski definition) is 0. The predicted octanol–water partition coefficient (Wildman–Crippen LogP) is 5.68. The van der Waals surface area contributed by atoms with Crippen molar-refractivity contribution in [3.05, 3.63) is 29.8 Å². The Balaban J connectivity index is 1.94. The predicted molar refractivity (Wildman–Crippen MR) is 116 cm³/mol. The molecule has 1 fully saturated rings. The number of carbonyl (C=O) groups is 1. The van der Waals surface area contributed by atoms with Crippen LogP contribution in [0.3, 0.4) is 0 Å². The van der Waals surface area contributed by atoms with Gasteiger partial charge in [0.25, 0.3) is 0 Å². The molecule has 0 bridgehead atoms. The van der Waals surface area contributed by atoms with Crippen molar-refractivity contribution in [2.75, 3.05) is 32.1 Å². The maximum absolute atomic E-state index is 13.1. The average Bonchev–Trinajstić information content (AvgIpc) is 2.70. The van der Waals surface area contributed by atoms with Crippen LogP contribution in [-0.4, -0.2) is 48.3 Å². The van der Waals surface area contributed by atoms with E-state index in [9.17, 15) is 4.79 Å². The van der Waals surface area contributed by atoms with Crippen LogP contribution in [0, 0.1) is 5.92 Å². The van der Waals surface area contributed by atoms with E-state index in [-0.39, 0.29) is 5.78 Å². The Labute approximate surface area is 170 Å². The van der Waals surface area contributed by atoms with E-state index in [0.29, 0.717) is 13.2 Å². The fraction of sp³-hybridized carbons (Fsp3) is 0.696. The molecule has 1 aliphatic heterocycles. The number of nitrogens with zero attached hydrogens (tertiary/aromatic N) is 1. The summed E-state index contributed by atoms with van der Waals surface area (Å²) in [7, 11) is 0. The highest BCUT2D eigenvalue weighted by Crippen LogP contribution is 2.28. The second-order valence-electron chi connectivity index (χ2n) is 8.12. The maximum atomic E-state index is 13.1. The van der Waals surface area contributed by atoms with Crippen LogP contribution in [0.15, 0.2) is 29.2 Å². The van der Waals surface area contributed by atoms with Crippen LogP contribution >= 0.6 is 11.8 Å². The zero-order valence-electron chi connectivity index (χ0n) is 17.6. The van der Waals surface area contributed by atoms with E-state index in [0.717, 1.165) is 24.6 Å². The first-order chi connectivity index (χ1) is 13.0. The molecule has 1 aromatic carbocycles. The fourth-order valence-corrected chi connectivity index (χ4v) is 4.84. The molecule has 1 atom stereocenters. The molecule has 0 aliphatic carbocycles. The molecule has 3 nitrogen and oxygen atoms in total. The lowest BCUT2D eigenvalue weighted by Gasteiger charge is -2.39. The average molecular weight is 392 g/mol. The van der Waals surface area contributed by atoms with Gasteiger partial charge in [0.1, 0.15) is 0 Å². The lowest BCUT2D eigenvalue weighted by atomic mass is 9.91. The molecule has 1 aliphatic rings. The molecule has 1 saturated heterocycles. The Morgan fingerprint density at radius 2 is 1.78 bits per heavy atom. The molecule has 1 aromatic rings. The van der Waals surface area contributed by atoms with Crippen molar-refractivity contribution in [1.29, 1.82) is 0 Å². The van der Waals surface area contributed by atoms with Gasteiger partial charge in [-0.05, 0) is 44.7 Å². The van der Waals surface area contributed by atoms with Gasteiger partial charge in [-0.1, -0.05) is 45.2 Å². The number of unbranched alkanes of at least 4 members (excludes halogenated alkanes) is 1. The van der Waals surface area contributed by atoms with Crippen molar-refractivity contribution in [1.82, 2.24) is 4.90 Å². The standard InChI is InChI=1S/C23H37NO2S/c1-5-7-9-19(8-6-2)18-27-21-12-10-20(11-13-21)22(25)23(3,4)24-14-16-26-17-15-24/h10-13,19H,5-9,14-18H2,1-4H3. The minimum atomic E-state index is -0.481. The Bertz CT molecular complexity index is 564. The summed E-state index contributed by atoms with van der Waals surface area (Å²) in [6.45, 7) is 11.7. The molecule has 2 rings (SSSR count). The van der Waals surface area contributed by atoms with Gasteiger partial charge < -0.3 is 4.74 Å². The molecule has 4 heteroatoms. The first-order valence-corrected chi connectivity index (χ1v) is 11.6. The highest BCUT2D eigenvalue weighted by Gasteiger charge is 2.35. The van der Waals surface area contributed by atoms with E-state index in [1.54, 1.807) is 0 Å². The summed E-state index contributed by atoms with van der Waals surface area (Å²) in [6.07, 6.45) is 6.52. The minimum Gasteiger partial charge on any atom is -0.379 e. The molecule has 27 heavy (non-hydrogen) atoms. The van der Waals surface area contributed by atoms with E-state index in [1.807, 2.05) is 37.7 Å². The monoisotopic (exact) mass is 391 g/mol. The number of morpholine rings is 1. The molecule has 0 aromatic heterocycles. The Morgan fingerprint density at radius 3 is 2.37 bits per heavy atom. The van der Waals surface area contributed by atoms with Crippen LogP contribution in [0.4, 0.5) is 0 Å². The second-order valence-corrected chi connectivity index (χ2v) is 9.21.